The lowest BCUT2D eigenvalue weighted by Gasteiger charge is -2.32. The van der Waals surface area contributed by atoms with Crippen molar-refractivity contribution in [2.75, 3.05) is 5.32 Å². The van der Waals surface area contributed by atoms with Gasteiger partial charge in [-0.05, 0) is 44.0 Å². The molecule has 1 saturated carbocycles. The predicted octanol–water partition coefficient (Wildman–Crippen LogP) is 3.99. The van der Waals surface area contributed by atoms with Crippen molar-refractivity contribution in [3.05, 3.63) is 24.3 Å². The minimum atomic E-state index is 0.402. The summed E-state index contributed by atoms with van der Waals surface area (Å²) in [4.78, 5) is 0.985. The highest BCUT2D eigenvalue weighted by Crippen LogP contribution is 2.28. The molecular weight excluding hydrogens is 228 g/mol. The molecule has 1 aliphatic carbocycles. The Labute approximate surface area is 109 Å². The van der Waals surface area contributed by atoms with Gasteiger partial charge in [0.1, 0.15) is 0 Å². The van der Waals surface area contributed by atoms with Crippen molar-refractivity contribution < 1.29 is 0 Å². The lowest BCUT2D eigenvalue weighted by Crippen LogP contribution is -2.35. The minimum Gasteiger partial charge on any atom is -0.382 e. The molecule has 0 aromatic heterocycles. The van der Waals surface area contributed by atoms with Gasteiger partial charge < -0.3 is 10.7 Å². The van der Waals surface area contributed by atoms with Crippen LogP contribution in [0, 0.1) is 11.3 Å². The Kier molecular flexibility index (Phi) is 4.11. The molecule has 0 saturated heterocycles. The Balaban J connectivity index is 2.05. The van der Waals surface area contributed by atoms with E-state index in [9.17, 15) is 0 Å². The summed E-state index contributed by atoms with van der Waals surface area (Å²) in [5, 5.41) is 11.4. The Bertz CT molecular complexity index is 386. The molecule has 1 aromatic rings. The van der Waals surface area contributed by atoms with Gasteiger partial charge in [-0.15, -0.1) is 12.6 Å². The van der Waals surface area contributed by atoms with Gasteiger partial charge in [0.05, 0.1) is 0 Å². The molecule has 2 rings (SSSR count). The van der Waals surface area contributed by atoms with Crippen LogP contribution < -0.4 is 5.32 Å². The van der Waals surface area contributed by atoms with Gasteiger partial charge in [0.25, 0.3) is 0 Å². The number of nitrogens with one attached hydrogen (secondary N) is 2. The molecule has 2 unspecified atom stereocenters. The van der Waals surface area contributed by atoms with Gasteiger partial charge in [-0.3, -0.25) is 0 Å². The smallest absolute Gasteiger partial charge is 0.0343 e. The van der Waals surface area contributed by atoms with Crippen LogP contribution in [0.1, 0.15) is 32.6 Å². The van der Waals surface area contributed by atoms with Crippen LogP contribution >= 0.6 is 12.6 Å². The fourth-order valence-electron chi connectivity index (χ4n) is 2.59. The molecule has 0 spiro atoms. The van der Waals surface area contributed by atoms with Crippen molar-refractivity contribution >= 4 is 24.0 Å². The lowest BCUT2D eigenvalue weighted by atomic mass is 9.81. The van der Waals surface area contributed by atoms with Crippen LogP contribution in [0.5, 0.6) is 0 Å². The Hall–Kier alpha value is -0.960. The zero-order valence-corrected chi connectivity index (χ0v) is 11.1. The second-order valence-corrected chi connectivity index (χ2v) is 5.39. The molecule has 2 N–H and O–H groups in total. The average Bonchev–Trinajstić information content (AvgIpc) is 2.32. The number of thiol groups is 1. The molecule has 0 heterocycles. The molecule has 2 nitrogen and oxygen atoms in total. The average molecular weight is 248 g/mol. The van der Waals surface area contributed by atoms with E-state index in [2.05, 4.69) is 30.1 Å². The maximum absolute atomic E-state index is 7.87. The van der Waals surface area contributed by atoms with E-state index in [0.717, 1.165) is 22.7 Å². The molecule has 0 aliphatic heterocycles. The summed E-state index contributed by atoms with van der Waals surface area (Å²) in [5.41, 5.74) is 1.95. The molecule has 92 valence electrons. The summed E-state index contributed by atoms with van der Waals surface area (Å²) in [6.45, 7) is 1.93. The van der Waals surface area contributed by atoms with E-state index >= 15 is 0 Å². The third-order valence-corrected chi connectivity index (χ3v) is 3.84. The third-order valence-electron chi connectivity index (χ3n) is 3.54. The number of rotatable bonds is 3. The molecule has 0 radical (unpaired) electrons. The molecule has 1 aromatic carbocycles. The van der Waals surface area contributed by atoms with Crippen LogP contribution in [-0.2, 0) is 0 Å². The second kappa shape index (κ2) is 5.58. The molecule has 0 bridgehead atoms. The van der Waals surface area contributed by atoms with Gasteiger partial charge in [0.15, 0.2) is 0 Å². The third kappa shape index (κ3) is 3.25. The fraction of sp³-hybridized carbons (Fsp3) is 0.500. The standard InChI is InChI=1S/C14H20N2S/c1-10(15)13-4-2-3-5-14(13)16-11-6-8-12(17)9-7-11/h6-9,13-17H,2-5H2,1H3. The lowest BCUT2D eigenvalue weighted by molar-refractivity contribution is 0.398. The van der Waals surface area contributed by atoms with E-state index in [1.54, 1.807) is 0 Å². The van der Waals surface area contributed by atoms with Crippen molar-refractivity contribution in [3.63, 3.8) is 0 Å². The normalized spacial score (nSPS) is 24.4. The molecular formula is C14H20N2S. The zero-order valence-electron chi connectivity index (χ0n) is 10.2. The molecule has 17 heavy (non-hydrogen) atoms. The summed E-state index contributed by atoms with van der Waals surface area (Å²) < 4.78 is 0. The van der Waals surface area contributed by atoms with Gasteiger partial charge in [-0.2, -0.15) is 0 Å². The Morgan fingerprint density at radius 1 is 1.24 bits per heavy atom. The van der Waals surface area contributed by atoms with Gasteiger partial charge in [0, 0.05) is 28.3 Å². The van der Waals surface area contributed by atoms with Crippen LogP contribution in [0.25, 0.3) is 0 Å². The highest BCUT2D eigenvalue weighted by Gasteiger charge is 2.26. The SMILES string of the molecule is CC(=N)C1CCCCC1Nc1ccc(S)cc1. The molecule has 2 atom stereocenters. The van der Waals surface area contributed by atoms with Crippen molar-refractivity contribution in [2.24, 2.45) is 5.92 Å². The van der Waals surface area contributed by atoms with Crippen molar-refractivity contribution in [3.8, 4) is 0 Å². The first-order chi connectivity index (χ1) is 8.16. The maximum atomic E-state index is 7.87. The number of hydrogen-bond acceptors (Lipinski definition) is 3. The monoisotopic (exact) mass is 248 g/mol. The fourth-order valence-corrected chi connectivity index (χ4v) is 2.74. The van der Waals surface area contributed by atoms with Crippen LogP contribution in [0.4, 0.5) is 5.69 Å². The first kappa shape index (κ1) is 12.5. The maximum Gasteiger partial charge on any atom is 0.0343 e. The first-order valence-electron chi connectivity index (χ1n) is 6.27. The molecule has 3 heteroatoms. The van der Waals surface area contributed by atoms with Crippen molar-refractivity contribution in [1.29, 1.82) is 5.41 Å². The van der Waals surface area contributed by atoms with Crippen LogP contribution in [0.15, 0.2) is 29.2 Å². The number of anilines is 1. The summed E-state index contributed by atoms with van der Waals surface area (Å²) >= 11 is 4.29. The van der Waals surface area contributed by atoms with Crippen molar-refractivity contribution in [1.82, 2.24) is 0 Å². The predicted molar refractivity (Wildman–Crippen MR) is 76.5 cm³/mol. The molecule has 0 amide bonds. The van der Waals surface area contributed by atoms with E-state index in [0.29, 0.717) is 12.0 Å². The van der Waals surface area contributed by atoms with Crippen LogP contribution in [0.2, 0.25) is 0 Å². The van der Waals surface area contributed by atoms with Gasteiger partial charge >= 0.3 is 0 Å². The summed E-state index contributed by atoms with van der Waals surface area (Å²) in [6, 6.07) is 8.55. The Morgan fingerprint density at radius 2 is 1.88 bits per heavy atom. The largest absolute Gasteiger partial charge is 0.382 e. The highest BCUT2D eigenvalue weighted by atomic mass is 32.1. The second-order valence-electron chi connectivity index (χ2n) is 4.87. The minimum absolute atomic E-state index is 0.402. The van der Waals surface area contributed by atoms with Crippen LogP contribution in [-0.4, -0.2) is 11.8 Å². The number of hydrogen-bond donors (Lipinski definition) is 3. The Morgan fingerprint density at radius 3 is 2.53 bits per heavy atom. The van der Waals surface area contributed by atoms with E-state index < -0.39 is 0 Å². The van der Waals surface area contributed by atoms with Crippen LogP contribution in [0.3, 0.4) is 0 Å². The van der Waals surface area contributed by atoms with Gasteiger partial charge in [-0.25, -0.2) is 0 Å². The molecule has 1 aliphatic rings. The van der Waals surface area contributed by atoms with E-state index in [1.165, 1.54) is 19.3 Å². The van der Waals surface area contributed by atoms with E-state index in [4.69, 9.17) is 5.41 Å². The topological polar surface area (TPSA) is 35.9 Å². The highest BCUT2D eigenvalue weighted by molar-refractivity contribution is 7.80. The first-order valence-corrected chi connectivity index (χ1v) is 6.72. The summed E-state index contributed by atoms with van der Waals surface area (Å²) in [6.07, 6.45) is 4.85. The summed E-state index contributed by atoms with van der Waals surface area (Å²) in [5.74, 6) is 0.402. The zero-order chi connectivity index (χ0) is 12.3. The molecule has 1 fully saturated rings. The van der Waals surface area contributed by atoms with E-state index in [-0.39, 0.29) is 0 Å². The van der Waals surface area contributed by atoms with Gasteiger partial charge in [-0.1, -0.05) is 12.8 Å². The van der Waals surface area contributed by atoms with Crippen molar-refractivity contribution in [2.45, 2.75) is 43.5 Å². The number of benzene rings is 1. The summed E-state index contributed by atoms with van der Waals surface area (Å²) in [7, 11) is 0. The van der Waals surface area contributed by atoms with E-state index in [1.807, 2.05) is 19.1 Å². The quantitative estimate of drug-likeness (QED) is 0.549. The van der Waals surface area contributed by atoms with Gasteiger partial charge in [0.2, 0.25) is 0 Å².